The molecule has 2 aromatic carbocycles. The van der Waals surface area contributed by atoms with Crippen LogP contribution in [0, 0.1) is 5.82 Å². The van der Waals surface area contributed by atoms with E-state index in [1.165, 1.54) is 26.4 Å². The standard InChI is InChI=1S/C17H18ClFN2O3/c1-21(12-6-4-11(19)5-7-12)10-17(22)20-14-8-13(18)15(23-2)9-16(14)24-3/h4-9H,10H2,1-3H3,(H,20,22). The van der Waals surface area contributed by atoms with Gasteiger partial charge in [-0.3, -0.25) is 4.79 Å². The van der Waals surface area contributed by atoms with Gasteiger partial charge in [-0.15, -0.1) is 0 Å². The molecule has 0 radical (unpaired) electrons. The second-order valence-electron chi connectivity index (χ2n) is 5.07. The zero-order valence-corrected chi connectivity index (χ0v) is 14.4. The van der Waals surface area contributed by atoms with Crippen molar-refractivity contribution < 1.29 is 18.7 Å². The van der Waals surface area contributed by atoms with Crippen molar-refractivity contribution in [1.29, 1.82) is 0 Å². The maximum atomic E-state index is 12.9. The van der Waals surface area contributed by atoms with Crippen LogP contribution in [0.15, 0.2) is 36.4 Å². The monoisotopic (exact) mass is 352 g/mol. The van der Waals surface area contributed by atoms with Crippen molar-refractivity contribution in [2.75, 3.05) is 38.0 Å². The van der Waals surface area contributed by atoms with E-state index in [1.54, 1.807) is 36.2 Å². The molecule has 5 nitrogen and oxygen atoms in total. The average molecular weight is 353 g/mol. The van der Waals surface area contributed by atoms with Crippen LogP contribution in [0.3, 0.4) is 0 Å². The number of carbonyl (C=O) groups excluding carboxylic acids is 1. The summed E-state index contributed by atoms with van der Waals surface area (Å²) in [5, 5.41) is 3.11. The van der Waals surface area contributed by atoms with Gasteiger partial charge in [0.2, 0.25) is 5.91 Å². The lowest BCUT2D eigenvalue weighted by Gasteiger charge is -2.19. The van der Waals surface area contributed by atoms with E-state index < -0.39 is 0 Å². The molecule has 0 aliphatic rings. The predicted molar refractivity (Wildman–Crippen MR) is 92.9 cm³/mol. The molecular formula is C17H18ClFN2O3. The number of rotatable bonds is 6. The Bertz CT molecular complexity index is 723. The van der Waals surface area contributed by atoms with E-state index in [4.69, 9.17) is 21.1 Å². The normalized spacial score (nSPS) is 10.2. The van der Waals surface area contributed by atoms with Crippen LogP contribution in [-0.4, -0.2) is 33.7 Å². The second kappa shape index (κ2) is 7.88. The summed E-state index contributed by atoms with van der Waals surface area (Å²) in [6.07, 6.45) is 0. The van der Waals surface area contributed by atoms with Crippen LogP contribution >= 0.6 is 11.6 Å². The Balaban J connectivity index is 2.09. The van der Waals surface area contributed by atoms with Crippen LogP contribution < -0.4 is 19.7 Å². The molecule has 2 rings (SSSR count). The van der Waals surface area contributed by atoms with Gasteiger partial charge in [-0.2, -0.15) is 0 Å². The van der Waals surface area contributed by atoms with Crippen molar-refractivity contribution in [2.24, 2.45) is 0 Å². The Morgan fingerprint density at radius 2 is 1.79 bits per heavy atom. The number of ether oxygens (including phenoxy) is 2. The Morgan fingerprint density at radius 3 is 2.38 bits per heavy atom. The van der Waals surface area contributed by atoms with Gasteiger partial charge < -0.3 is 19.7 Å². The molecule has 0 spiro atoms. The molecule has 0 heterocycles. The highest BCUT2D eigenvalue weighted by atomic mass is 35.5. The van der Waals surface area contributed by atoms with Crippen LogP contribution in [0.2, 0.25) is 5.02 Å². The minimum Gasteiger partial charge on any atom is -0.495 e. The van der Waals surface area contributed by atoms with Gasteiger partial charge >= 0.3 is 0 Å². The number of benzene rings is 2. The van der Waals surface area contributed by atoms with Crippen molar-refractivity contribution in [3.05, 3.63) is 47.2 Å². The lowest BCUT2D eigenvalue weighted by molar-refractivity contribution is -0.114. The molecule has 7 heteroatoms. The molecule has 0 atom stereocenters. The Hall–Kier alpha value is -2.47. The third kappa shape index (κ3) is 4.29. The molecule has 2 aromatic rings. The van der Waals surface area contributed by atoms with Gasteiger partial charge in [0.05, 0.1) is 31.5 Å². The summed E-state index contributed by atoms with van der Waals surface area (Å²) >= 11 is 6.08. The highest BCUT2D eigenvalue weighted by molar-refractivity contribution is 6.32. The second-order valence-corrected chi connectivity index (χ2v) is 5.47. The van der Waals surface area contributed by atoms with Gasteiger partial charge in [0, 0.05) is 18.8 Å². The van der Waals surface area contributed by atoms with Gasteiger partial charge in [0.25, 0.3) is 0 Å². The first-order valence-corrected chi connectivity index (χ1v) is 7.50. The van der Waals surface area contributed by atoms with Crippen molar-refractivity contribution in [3.63, 3.8) is 0 Å². The molecule has 24 heavy (non-hydrogen) atoms. The van der Waals surface area contributed by atoms with Crippen LogP contribution in [0.1, 0.15) is 0 Å². The number of nitrogens with one attached hydrogen (secondary N) is 1. The molecule has 0 saturated heterocycles. The van der Waals surface area contributed by atoms with E-state index in [2.05, 4.69) is 5.32 Å². The van der Waals surface area contributed by atoms with Crippen molar-refractivity contribution in [1.82, 2.24) is 0 Å². The molecule has 0 aliphatic heterocycles. The fraction of sp³-hybridized carbons (Fsp3) is 0.235. The summed E-state index contributed by atoms with van der Waals surface area (Å²) in [5.41, 5.74) is 1.17. The molecule has 0 saturated carbocycles. The molecular weight excluding hydrogens is 335 g/mol. The van der Waals surface area contributed by atoms with Crippen LogP contribution in [0.25, 0.3) is 0 Å². The van der Waals surface area contributed by atoms with Crippen LogP contribution in [0.4, 0.5) is 15.8 Å². The number of hydrogen-bond donors (Lipinski definition) is 1. The number of likely N-dealkylation sites (N-methyl/N-ethyl adjacent to an activating group) is 1. The topological polar surface area (TPSA) is 50.8 Å². The lowest BCUT2D eigenvalue weighted by atomic mass is 10.2. The van der Waals surface area contributed by atoms with Gasteiger partial charge in [0.1, 0.15) is 17.3 Å². The van der Waals surface area contributed by atoms with Gasteiger partial charge in [-0.25, -0.2) is 4.39 Å². The molecule has 0 aromatic heterocycles. The highest BCUT2D eigenvalue weighted by Gasteiger charge is 2.14. The van der Waals surface area contributed by atoms with Gasteiger partial charge in [0.15, 0.2) is 0 Å². The first-order chi connectivity index (χ1) is 11.4. The minimum absolute atomic E-state index is 0.0818. The maximum absolute atomic E-state index is 12.9. The van der Waals surface area contributed by atoms with E-state index in [9.17, 15) is 9.18 Å². The van der Waals surface area contributed by atoms with Crippen molar-refractivity contribution >= 4 is 28.9 Å². The summed E-state index contributed by atoms with van der Waals surface area (Å²) in [6, 6.07) is 9.06. The maximum Gasteiger partial charge on any atom is 0.243 e. The lowest BCUT2D eigenvalue weighted by Crippen LogP contribution is -2.30. The number of amides is 1. The SMILES string of the molecule is COc1cc(OC)c(NC(=O)CN(C)c2ccc(F)cc2)cc1Cl. The zero-order chi connectivity index (χ0) is 17.7. The van der Waals surface area contributed by atoms with E-state index in [1.807, 2.05) is 0 Å². The summed E-state index contributed by atoms with van der Waals surface area (Å²) in [6.45, 7) is 0.0818. The summed E-state index contributed by atoms with van der Waals surface area (Å²) in [7, 11) is 4.73. The molecule has 0 aliphatic carbocycles. The Kier molecular flexibility index (Phi) is 5.87. The number of hydrogen-bond acceptors (Lipinski definition) is 4. The molecule has 128 valence electrons. The third-order valence-corrected chi connectivity index (χ3v) is 3.69. The number of anilines is 2. The first kappa shape index (κ1) is 17.9. The largest absolute Gasteiger partial charge is 0.495 e. The molecule has 1 amide bonds. The molecule has 0 bridgehead atoms. The predicted octanol–water partition coefficient (Wildman–Crippen LogP) is 3.57. The summed E-state index contributed by atoms with van der Waals surface area (Å²) < 4.78 is 23.3. The summed E-state index contributed by atoms with van der Waals surface area (Å²) in [5.74, 6) is 0.305. The summed E-state index contributed by atoms with van der Waals surface area (Å²) in [4.78, 5) is 13.9. The fourth-order valence-electron chi connectivity index (χ4n) is 2.15. The van der Waals surface area contributed by atoms with E-state index in [0.717, 1.165) is 5.69 Å². The third-order valence-electron chi connectivity index (χ3n) is 3.40. The quantitative estimate of drug-likeness (QED) is 0.863. The van der Waals surface area contributed by atoms with Crippen LogP contribution in [0.5, 0.6) is 11.5 Å². The molecule has 0 unspecified atom stereocenters. The zero-order valence-electron chi connectivity index (χ0n) is 13.6. The minimum atomic E-state index is -0.325. The van der Waals surface area contributed by atoms with E-state index in [0.29, 0.717) is 22.2 Å². The molecule has 0 fully saturated rings. The number of carbonyl (C=O) groups is 1. The number of nitrogens with zero attached hydrogens (tertiary/aromatic N) is 1. The van der Waals surface area contributed by atoms with Crippen LogP contribution in [-0.2, 0) is 4.79 Å². The van der Waals surface area contributed by atoms with Gasteiger partial charge in [-0.05, 0) is 30.3 Å². The molecule has 1 N–H and O–H groups in total. The Labute approximate surface area is 144 Å². The van der Waals surface area contributed by atoms with E-state index in [-0.39, 0.29) is 18.3 Å². The van der Waals surface area contributed by atoms with Crippen molar-refractivity contribution in [2.45, 2.75) is 0 Å². The smallest absolute Gasteiger partial charge is 0.243 e. The first-order valence-electron chi connectivity index (χ1n) is 7.12. The van der Waals surface area contributed by atoms with Crippen molar-refractivity contribution in [3.8, 4) is 11.5 Å². The Morgan fingerprint density at radius 1 is 1.17 bits per heavy atom. The van der Waals surface area contributed by atoms with E-state index >= 15 is 0 Å². The fourth-order valence-corrected chi connectivity index (χ4v) is 2.39. The number of halogens is 2. The average Bonchev–Trinajstić information content (AvgIpc) is 2.55. The highest BCUT2D eigenvalue weighted by Crippen LogP contribution is 2.35. The van der Waals surface area contributed by atoms with Gasteiger partial charge in [-0.1, -0.05) is 11.6 Å². The number of methoxy groups -OCH3 is 2.